The second-order valence-electron chi connectivity index (χ2n) is 3.79. The molecule has 1 fully saturated rings. The van der Waals surface area contributed by atoms with Crippen molar-refractivity contribution >= 4 is 0 Å². The zero-order chi connectivity index (χ0) is 9.26. The molecule has 1 aliphatic rings. The van der Waals surface area contributed by atoms with E-state index in [2.05, 4.69) is 11.9 Å². The van der Waals surface area contributed by atoms with Crippen LogP contribution in [0.1, 0.15) is 44.3 Å². The second kappa shape index (κ2) is 3.40. The van der Waals surface area contributed by atoms with Crippen LogP contribution in [0.3, 0.4) is 0 Å². The number of aromatic nitrogens is 2. The van der Waals surface area contributed by atoms with E-state index in [9.17, 15) is 4.79 Å². The molecule has 3 heteroatoms. The zero-order valence-electron chi connectivity index (χ0n) is 8.05. The third-order valence-corrected chi connectivity index (χ3v) is 2.84. The molecular formula is C10H16N2O. The number of nitrogens with zero attached hydrogens (tertiary/aromatic N) is 1. The highest BCUT2D eigenvalue weighted by Crippen LogP contribution is 2.31. The van der Waals surface area contributed by atoms with Gasteiger partial charge < -0.3 is 4.98 Å². The topological polar surface area (TPSA) is 37.8 Å². The molecule has 0 saturated heterocycles. The van der Waals surface area contributed by atoms with E-state index < -0.39 is 0 Å². The zero-order valence-corrected chi connectivity index (χ0v) is 8.05. The van der Waals surface area contributed by atoms with Crippen LogP contribution in [0.2, 0.25) is 0 Å². The summed E-state index contributed by atoms with van der Waals surface area (Å²) >= 11 is 0. The number of aromatic amines is 1. The highest BCUT2D eigenvalue weighted by molar-refractivity contribution is 5.02. The minimum absolute atomic E-state index is 0.0770. The summed E-state index contributed by atoms with van der Waals surface area (Å²) in [6.45, 7) is 2.14. The Kier molecular flexibility index (Phi) is 2.25. The summed E-state index contributed by atoms with van der Waals surface area (Å²) in [4.78, 5) is 14.2. The van der Waals surface area contributed by atoms with Gasteiger partial charge in [-0.15, -0.1) is 0 Å². The van der Waals surface area contributed by atoms with Crippen LogP contribution in [0.25, 0.3) is 0 Å². The van der Waals surface area contributed by atoms with Crippen molar-refractivity contribution in [1.82, 2.24) is 9.55 Å². The molecule has 0 spiro atoms. The first kappa shape index (κ1) is 8.60. The fourth-order valence-corrected chi connectivity index (χ4v) is 1.91. The molecule has 0 aromatic carbocycles. The van der Waals surface area contributed by atoms with Gasteiger partial charge in [0.2, 0.25) is 0 Å². The van der Waals surface area contributed by atoms with Crippen molar-refractivity contribution in [2.24, 2.45) is 0 Å². The first-order valence-corrected chi connectivity index (χ1v) is 5.11. The summed E-state index contributed by atoms with van der Waals surface area (Å²) in [6, 6.07) is 0.486. The standard InChI is InChI=1S/C10H16N2O/c1-2-4-9-7-11-10(13)12(9)8-5-3-6-8/h7-8H,2-6H2,1H3,(H,11,13). The van der Waals surface area contributed by atoms with Gasteiger partial charge in [-0.3, -0.25) is 4.57 Å². The first-order valence-electron chi connectivity index (χ1n) is 5.11. The molecule has 1 aromatic rings. The lowest BCUT2D eigenvalue weighted by Crippen LogP contribution is -2.28. The van der Waals surface area contributed by atoms with E-state index in [1.54, 1.807) is 0 Å². The predicted molar refractivity (Wildman–Crippen MR) is 51.9 cm³/mol. The summed E-state index contributed by atoms with van der Waals surface area (Å²) in [5.74, 6) is 0. The van der Waals surface area contributed by atoms with Gasteiger partial charge in [0.25, 0.3) is 0 Å². The van der Waals surface area contributed by atoms with E-state index in [1.807, 2.05) is 10.8 Å². The van der Waals surface area contributed by atoms with E-state index in [0.29, 0.717) is 6.04 Å². The molecule has 1 heterocycles. The molecule has 0 amide bonds. The Hall–Kier alpha value is -0.990. The Morgan fingerprint density at radius 2 is 2.38 bits per heavy atom. The van der Waals surface area contributed by atoms with Crippen molar-refractivity contribution < 1.29 is 0 Å². The molecule has 0 atom stereocenters. The minimum Gasteiger partial charge on any atom is -0.312 e. The quantitative estimate of drug-likeness (QED) is 0.757. The average Bonchev–Trinajstić information content (AvgIpc) is 2.34. The van der Waals surface area contributed by atoms with Crippen molar-refractivity contribution in [1.29, 1.82) is 0 Å². The minimum atomic E-state index is 0.0770. The van der Waals surface area contributed by atoms with E-state index >= 15 is 0 Å². The van der Waals surface area contributed by atoms with E-state index in [1.165, 1.54) is 25.0 Å². The van der Waals surface area contributed by atoms with Crippen LogP contribution in [0.4, 0.5) is 0 Å². The first-order chi connectivity index (χ1) is 6.33. The van der Waals surface area contributed by atoms with Crippen LogP contribution in [0, 0.1) is 0 Å². The van der Waals surface area contributed by atoms with Crippen molar-refractivity contribution in [2.45, 2.75) is 45.1 Å². The molecule has 13 heavy (non-hydrogen) atoms. The number of hydrogen-bond donors (Lipinski definition) is 1. The van der Waals surface area contributed by atoms with Crippen LogP contribution in [-0.2, 0) is 6.42 Å². The number of rotatable bonds is 3. The van der Waals surface area contributed by atoms with Crippen molar-refractivity contribution in [3.63, 3.8) is 0 Å². The number of imidazole rings is 1. The fourth-order valence-electron chi connectivity index (χ4n) is 1.91. The van der Waals surface area contributed by atoms with Gasteiger partial charge in [-0.25, -0.2) is 4.79 Å². The smallest absolute Gasteiger partial charge is 0.312 e. The van der Waals surface area contributed by atoms with Crippen molar-refractivity contribution in [2.75, 3.05) is 0 Å². The molecule has 72 valence electrons. The third kappa shape index (κ3) is 1.43. The van der Waals surface area contributed by atoms with Gasteiger partial charge in [0.05, 0.1) is 0 Å². The maximum atomic E-state index is 11.5. The Labute approximate surface area is 77.8 Å². The molecule has 0 aliphatic heterocycles. The average molecular weight is 180 g/mol. The normalized spacial score (nSPS) is 17.3. The van der Waals surface area contributed by atoms with Crippen molar-refractivity contribution in [3.05, 3.63) is 22.4 Å². The highest BCUT2D eigenvalue weighted by Gasteiger charge is 2.22. The molecule has 0 bridgehead atoms. The van der Waals surface area contributed by atoms with Crippen LogP contribution in [0.5, 0.6) is 0 Å². The fraction of sp³-hybridized carbons (Fsp3) is 0.700. The number of H-pyrrole nitrogens is 1. The van der Waals surface area contributed by atoms with E-state index in [0.717, 1.165) is 12.8 Å². The maximum absolute atomic E-state index is 11.5. The van der Waals surface area contributed by atoms with Gasteiger partial charge in [0, 0.05) is 17.9 Å². The Balaban J connectivity index is 2.28. The lowest BCUT2D eigenvalue weighted by Gasteiger charge is -2.27. The summed E-state index contributed by atoms with van der Waals surface area (Å²) in [5, 5.41) is 0. The van der Waals surface area contributed by atoms with Crippen LogP contribution < -0.4 is 5.69 Å². The number of aryl methyl sites for hydroxylation is 1. The number of nitrogens with one attached hydrogen (secondary N) is 1. The largest absolute Gasteiger partial charge is 0.325 e. The molecule has 1 N–H and O–H groups in total. The van der Waals surface area contributed by atoms with Gasteiger partial charge in [-0.2, -0.15) is 0 Å². The van der Waals surface area contributed by atoms with Crippen molar-refractivity contribution in [3.8, 4) is 0 Å². The van der Waals surface area contributed by atoms with Crippen LogP contribution in [-0.4, -0.2) is 9.55 Å². The molecular weight excluding hydrogens is 164 g/mol. The Morgan fingerprint density at radius 1 is 1.62 bits per heavy atom. The SMILES string of the molecule is CCCc1c[nH]c(=O)n1C1CCC1. The second-order valence-corrected chi connectivity index (χ2v) is 3.79. The molecule has 1 aromatic heterocycles. The van der Waals surface area contributed by atoms with Crippen LogP contribution in [0.15, 0.2) is 11.0 Å². The predicted octanol–water partition coefficient (Wildman–Crippen LogP) is 1.85. The molecule has 0 unspecified atom stereocenters. The Morgan fingerprint density at radius 3 is 2.92 bits per heavy atom. The van der Waals surface area contributed by atoms with Gasteiger partial charge in [-0.05, 0) is 25.7 Å². The van der Waals surface area contributed by atoms with E-state index in [4.69, 9.17) is 0 Å². The van der Waals surface area contributed by atoms with Gasteiger partial charge >= 0.3 is 5.69 Å². The monoisotopic (exact) mass is 180 g/mol. The van der Waals surface area contributed by atoms with Gasteiger partial charge in [0.15, 0.2) is 0 Å². The summed E-state index contributed by atoms with van der Waals surface area (Å²) in [5.41, 5.74) is 1.25. The number of hydrogen-bond acceptors (Lipinski definition) is 1. The van der Waals surface area contributed by atoms with E-state index in [-0.39, 0.29) is 5.69 Å². The maximum Gasteiger partial charge on any atom is 0.325 e. The summed E-state index contributed by atoms with van der Waals surface area (Å²) in [7, 11) is 0. The lowest BCUT2D eigenvalue weighted by atomic mass is 9.92. The third-order valence-electron chi connectivity index (χ3n) is 2.84. The molecule has 1 saturated carbocycles. The van der Waals surface area contributed by atoms with Gasteiger partial charge in [0.1, 0.15) is 0 Å². The lowest BCUT2D eigenvalue weighted by molar-refractivity contribution is 0.300. The van der Waals surface area contributed by atoms with Gasteiger partial charge in [-0.1, -0.05) is 13.3 Å². The molecule has 1 aliphatic carbocycles. The highest BCUT2D eigenvalue weighted by atomic mass is 16.1. The molecule has 2 rings (SSSR count). The van der Waals surface area contributed by atoms with Crippen LogP contribution >= 0.6 is 0 Å². The Bertz CT molecular complexity index is 333. The molecule has 0 radical (unpaired) electrons. The molecule has 3 nitrogen and oxygen atoms in total. The summed E-state index contributed by atoms with van der Waals surface area (Å²) in [6.07, 6.45) is 7.60. The summed E-state index contributed by atoms with van der Waals surface area (Å²) < 4.78 is 1.95.